The van der Waals surface area contributed by atoms with E-state index in [4.69, 9.17) is 0 Å². The van der Waals surface area contributed by atoms with E-state index in [1.807, 2.05) is 36.1 Å². The molecule has 0 fully saturated rings. The number of amides is 2. The van der Waals surface area contributed by atoms with Crippen LogP contribution in [-0.4, -0.2) is 41.2 Å². The summed E-state index contributed by atoms with van der Waals surface area (Å²) in [7, 11) is 0. The Balaban J connectivity index is 1.98. The van der Waals surface area contributed by atoms with Crippen LogP contribution >= 0.6 is 0 Å². The molecule has 0 unspecified atom stereocenters. The van der Waals surface area contributed by atoms with Gasteiger partial charge in [-0.05, 0) is 25.0 Å². The summed E-state index contributed by atoms with van der Waals surface area (Å²) in [5, 5.41) is 0. The van der Waals surface area contributed by atoms with Crippen LogP contribution in [0.25, 0.3) is 0 Å². The van der Waals surface area contributed by atoms with Gasteiger partial charge in [0.25, 0.3) is 5.91 Å². The second-order valence-electron chi connectivity index (χ2n) is 5.15. The Kier molecular flexibility index (Phi) is 4.77. The Hall–Kier alpha value is -1.84. The maximum atomic E-state index is 12.3. The monoisotopic (exact) mass is 274 g/mol. The van der Waals surface area contributed by atoms with Crippen molar-refractivity contribution in [2.45, 2.75) is 33.2 Å². The first kappa shape index (κ1) is 14.6. The van der Waals surface area contributed by atoms with E-state index < -0.39 is 0 Å². The molecule has 0 atom stereocenters. The predicted molar refractivity (Wildman–Crippen MR) is 78.3 cm³/mol. The van der Waals surface area contributed by atoms with Crippen LogP contribution in [0.3, 0.4) is 0 Å². The predicted octanol–water partition coefficient (Wildman–Crippen LogP) is 2.29. The zero-order valence-electron chi connectivity index (χ0n) is 12.3. The molecule has 4 nitrogen and oxygen atoms in total. The lowest BCUT2D eigenvalue weighted by molar-refractivity contribution is -0.131. The Morgan fingerprint density at radius 3 is 2.70 bits per heavy atom. The van der Waals surface area contributed by atoms with Gasteiger partial charge in [-0.15, -0.1) is 0 Å². The third-order valence-corrected chi connectivity index (χ3v) is 3.74. The number of rotatable bonds is 6. The Bertz CT molecular complexity index is 499. The molecular formula is C16H22N2O2. The smallest absolute Gasteiger partial charge is 0.254 e. The quantitative estimate of drug-likeness (QED) is 0.798. The van der Waals surface area contributed by atoms with Crippen LogP contribution in [0.4, 0.5) is 0 Å². The van der Waals surface area contributed by atoms with E-state index in [0.717, 1.165) is 30.5 Å². The molecule has 1 aromatic carbocycles. The fourth-order valence-electron chi connectivity index (χ4n) is 2.51. The van der Waals surface area contributed by atoms with Gasteiger partial charge in [0.15, 0.2) is 0 Å². The molecule has 2 rings (SSSR count). The molecule has 0 saturated carbocycles. The molecule has 0 bridgehead atoms. The van der Waals surface area contributed by atoms with E-state index >= 15 is 0 Å². The minimum Gasteiger partial charge on any atom is -0.341 e. The summed E-state index contributed by atoms with van der Waals surface area (Å²) in [6, 6.07) is 7.57. The highest BCUT2D eigenvalue weighted by molar-refractivity contribution is 6.00. The van der Waals surface area contributed by atoms with Crippen LogP contribution in [0, 0.1) is 0 Å². The first-order valence-corrected chi connectivity index (χ1v) is 7.32. The SMILES string of the molecule is CCCCN(CC)C(=O)CN1Cc2ccccc2C1=O. The summed E-state index contributed by atoms with van der Waals surface area (Å²) in [6.07, 6.45) is 2.08. The van der Waals surface area contributed by atoms with Gasteiger partial charge >= 0.3 is 0 Å². The number of benzene rings is 1. The first-order chi connectivity index (χ1) is 9.67. The molecule has 1 aromatic rings. The molecule has 20 heavy (non-hydrogen) atoms. The molecule has 0 N–H and O–H groups in total. The molecule has 1 aliphatic rings. The average molecular weight is 274 g/mol. The Labute approximate surface area is 120 Å². The van der Waals surface area contributed by atoms with E-state index in [-0.39, 0.29) is 18.4 Å². The van der Waals surface area contributed by atoms with Crippen molar-refractivity contribution in [1.29, 1.82) is 0 Å². The number of carbonyl (C=O) groups is 2. The van der Waals surface area contributed by atoms with Gasteiger partial charge in [-0.1, -0.05) is 31.5 Å². The third kappa shape index (κ3) is 3.00. The van der Waals surface area contributed by atoms with E-state index in [1.165, 1.54) is 0 Å². The molecule has 0 aromatic heterocycles. The lowest BCUT2D eigenvalue weighted by atomic mass is 10.1. The molecule has 0 saturated heterocycles. The number of fused-ring (bicyclic) bond motifs is 1. The molecule has 1 heterocycles. The van der Waals surface area contributed by atoms with Gasteiger partial charge in [-0.3, -0.25) is 9.59 Å². The molecule has 0 aliphatic carbocycles. The lowest BCUT2D eigenvalue weighted by Gasteiger charge is -2.24. The molecule has 2 amide bonds. The maximum absolute atomic E-state index is 12.3. The van der Waals surface area contributed by atoms with E-state index in [1.54, 1.807) is 4.90 Å². The molecule has 108 valence electrons. The summed E-state index contributed by atoms with van der Waals surface area (Å²) in [5.41, 5.74) is 1.75. The zero-order valence-corrected chi connectivity index (χ0v) is 12.3. The van der Waals surface area contributed by atoms with Crippen molar-refractivity contribution >= 4 is 11.8 Å². The van der Waals surface area contributed by atoms with Crippen LogP contribution in [-0.2, 0) is 11.3 Å². The number of nitrogens with zero attached hydrogens (tertiary/aromatic N) is 2. The van der Waals surface area contributed by atoms with Crippen LogP contribution in [0.15, 0.2) is 24.3 Å². The topological polar surface area (TPSA) is 40.6 Å². The number of hydrogen-bond acceptors (Lipinski definition) is 2. The van der Waals surface area contributed by atoms with Crippen LogP contribution in [0.5, 0.6) is 0 Å². The van der Waals surface area contributed by atoms with Crippen molar-refractivity contribution in [2.75, 3.05) is 19.6 Å². The van der Waals surface area contributed by atoms with Gasteiger partial charge in [0.2, 0.25) is 5.91 Å². The maximum Gasteiger partial charge on any atom is 0.254 e. The third-order valence-electron chi connectivity index (χ3n) is 3.74. The standard InChI is InChI=1S/C16H22N2O2/c1-3-5-10-17(4-2)15(19)12-18-11-13-8-6-7-9-14(13)16(18)20/h6-9H,3-5,10-12H2,1-2H3. The molecule has 1 aliphatic heterocycles. The first-order valence-electron chi connectivity index (χ1n) is 7.32. The fraction of sp³-hybridized carbons (Fsp3) is 0.500. The summed E-state index contributed by atoms with van der Waals surface area (Å²) in [5.74, 6) is 0.0163. The number of likely N-dealkylation sites (N-methyl/N-ethyl adjacent to an activating group) is 1. The Morgan fingerprint density at radius 1 is 1.30 bits per heavy atom. The van der Waals surface area contributed by atoms with Gasteiger partial charge in [-0.2, -0.15) is 0 Å². The summed E-state index contributed by atoms with van der Waals surface area (Å²) >= 11 is 0. The zero-order chi connectivity index (χ0) is 14.5. The summed E-state index contributed by atoms with van der Waals surface area (Å²) in [6.45, 7) is 6.30. The highest BCUT2D eigenvalue weighted by atomic mass is 16.2. The Morgan fingerprint density at radius 2 is 2.05 bits per heavy atom. The van der Waals surface area contributed by atoms with E-state index in [9.17, 15) is 9.59 Å². The highest BCUT2D eigenvalue weighted by Crippen LogP contribution is 2.22. The van der Waals surface area contributed by atoms with Gasteiger partial charge in [0.1, 0.15) is 6.54 Å². The van der Waals surface area contributed by atoms with Crippen molar-refractivity contribution in [1.82, 2.24) is 9.80 Å². The lowest BCUT2D eigenvalue weighted by Crippen LogP contribution is -2.40. The number of carbonyl (C=O) groups excluding carboxylic acids is 2. The fourth-order valence-corrected chi connectivity index (χ4v) is 2.51. The van der Waals surface area contributed by atoms with Gasteiger partial charge in [0.05, 0.1) is 0 Å². The second kappa shape index (κ2) is 6.55. The van der Waals surface area contributed by atoms with Crippen LogP contribution < -0.4 is 0 Å². The largest absolute Gasteiger partial charge is 0.341 e. The van der Waals surface area contributed by atoms with Crippen molar-refractivity contribution in [3.8, 4) is 0 Å². The molecule has 4 heteroatoms. The minimum absolute atomic E-state index is 0.0273. The average Bonchev–Trinajstić information content (AvgIpc) is 2.77. The summed E-state index contributed by atoms with van der Waals surface area (Å²) < 4.78 is 0. The van der Waals surface area contributed by atoms with Crippen molar-refractivity contribution in [3.63, 3.8) is 0 Å². The van der Waals surface area contributed by atoms with Crippen molar-refractivity contribution in [3.05, 3.63) is 35.4 Å². The molecular weight excluding hydrogens is 252 g/mol. The van der Waals surface area contributed by atoms with E-state index in [2.05, 4.69) is 6.92 Å². The highest BCUT2D eigenvalue weighted by Gasteiger charge is 2.29. The van der Waals surface area contributed by atoms with Crippen molar-refractivity contribution < 1.29 is 9.59 Å². The molecule has 0 radical (unpaired) electrons. The van der Waals surface area contributed by atoms with E-state index in [0.29, 0.717) is 13.1 Å². The van der Waals surface area contributed by atoms with Crippen molar-refractivity contribution in [2.24, 2.45) is 0 Å². The normalized spacial score (nSPS) is 13.5. The van der Waals surface area contributed by atoms with Crippen LogP contribution in [0.1, 0.15) is 42.6 Å². The minimum atomic E-state index is -0.0273. The van der Waals surface area contributed by atoms with Gasteiger partial charge in [-0.25, -0.2) is 0 Å². The molecule has 0 spiro atoms. The van der Waals surface area contributed by atoms with Gasteiger partial charge in [0, 0.05) is 25.2 Å². The number of unbranched alkanes of at least 4 members (excludes halogenated alkanes) is 1. The summed E-state index contributed by atoms with van der Waals surface area (Å²) in [4.78, 5) is 28.0. The second-order valence-corrected chi connectivity index (χ2v) is 5.15. The van der Waals surface area contributed by atoms with Gasteiger partial charge < -0.3 is 9.80 Å². The van der Waals surface area contributed by atoms with Crippen LogP contribution in [0.2, 0.25) is 0 Å². The number of hydrogen-bond donors (Lipinski definition) is 0.